The summed E-state index contributed by atoms with van der Waals surface area (Å²) in [7, 11) is 0. The number of carbonyl (C=O) groups excluding carboxylic acids is 2. The topological polar surface area (TPSA) is 110 Å². The summed E-state index contributed by atoms with van der Waals surface area (Å²) in [6.45, 7) is 3.90. The quantitative estimate of drug-likeness (QED) is 0.162. The Morgan fingerprint density at radius 2 is 1.80 bits per heavy atom. The molecule has 1 atom stereocenters. The Hall–Kier alpha value is -4.74. The van der Waals surface area contributed by atoms with Gasteiger partial charge >= 0.3 is 12.7 Å². The number of amides is 2. The van der Waals surface area contributed by atoms with Crippen molar-refractivity contribution in [2.45, 2.75) is 65.1 Å². The molecule has 1 unspecified atom stereocenters. The first-order chi connectivity index (χ1) is 21.6. The van der Waals surface area contributed by atoms with Gasteiger partial charge in [0.25, 0.3) is 0 Å². The van der Waals surface area contributed by atoms with Crippen LogP contribution in [0.3, 0.4) is 0 Å². The van der Waals surface area contributed by atoms with Crippen molar-refractivity contribution in [3.63, 3.8) is 0 Å². The second kappa shape index (κ2) is 13.9. The molecule has 0 spiro atoms. The van der Waals surface area contributed by atoms with Gasteiger partial charge in [-0.15, -0.1) is 0 Å². The van der Waals surface area contributed by atoms with Crippen LogP contribution in [-0.4, -0.2) is 51.7 Å². The Labute approximate surface area is 260 Å². The Kier molecular flexibility index (Phi) is 9.80. The summed E-state index contributed by atoms with van der Waals surface area (Å²) in [5.41, 5.74) is 3.30. The van der Waals surface area contributed by atoms with Crippen LogP contribution in [0, 0.1) is 5.92 Å². The Morgan fingerprint density at radius 1 is 1.04 bits per heavy atom. The molecule has 2 N–H and O–H groups in total. The third-order valence-corrected chi connectivity index (χ3v) is 7.41. The number of ether oxygens (including phenoxy) is 2. The van der Waals surface area contributed by atoms with Crippen molar-refractivity contribution in [2.24, 2.45) is 5.92 Å². The van der Waals surface area contributed by atoms with Gasteiger partial charge in [-0.1, -0.05) is 12.8 Å². The maximum Gasteiger partial charge on any atom is 0.407 e. The van der Waals surface area contributed by atoms with Crippen LogP contribution >= 0.6 is 0 Å². The summed E-state index contributed by atoms with van der Waals surface area (Å²) in [5.74, 6) is 1.06. The lowest BCUT2D eigenvalue weighted by molar-refractivity contribution is -0.117. The number of carbonyl (C=O) groups is 2. The summed E-state index contributed by atoms with van der Waals surface area (Å²) >= 11 is 0. The fourth-order valence-corrected chi connectivity index (χ4v) is 5.35. The highest BCUT2D eigenvalue weighted by atomic mass is 19.3. The predicted molar refractivity (Wildman–Crippen MR) is 168 cm³/mol. The molecular formula is C33H38F2N6O4. The minimum Gasteiger partial charge on any atom is -0.444 e. The molecule has 5 rings (SSSR count). The molecule has 238 valence electrons. The molecule has 1 aliphatic rings. The van der Waals surface area contributed by atoms with E-state index in [4.69, 9.17) is 4.74 Å². The molecular weight excluding hydrogens is 582 g/mol. The summed E-state index contributed by atoms with van der Waals surface area (Å²) in [4.78, 5) is 35.4. The number of hydrogen-bond acceptors (Lipinski definition) is 7. The number of benzene rings is 2. The van der Waals surface area contributed by atoms with Gasteiger partial charge in [-0.05, 0) is 88.1 Å². The zero-order valence-electron chi connectivity index (χ0n) is 25.6. The largest absolute Gasteiger partial charge is 0.444 e. The number of alkyl carbamates (subject to hydrolysis) is 1. The molecule has 2 aromatic carbocycles. The number of hydrogen-bond donors (Lipinski definition) is 2. The number of imidazole rings is 1. The summed E-state index contributed by atoms with van der Waals surface area (Å²) in [6, 6.07) is 14.0. The SMILES string of the molecule is CC(C)(C)OC(=O)NCCCCCC1CC(=O)N(c2ccc(Nc3nccn4c(-c5ccc(OC(F)F)cc5)cnc34)cc2)C1. The van der Waals surface area contributed by atoms with Gasteiger partial charge in [0, 0.05) is 48.8 Å². The second-order valence-electron chi connectivity index (χ2n) is 12.0. The van der Waals surface area contributed by atoms with Crippen LogP contribution in [0.15, 0.2) is 67.1 Å². The number of rotatable bonds is 12. The highest BCUT2D eigenvalue weighted by molar-refractivity contribution is 5.96. The van der Waals surface area contributed by atoms with E-state index in [9.17, 15) is 18.4 Å². The van der Waals surface area contributed by atoms with Gasteiger partial charge in [0.15, 0.2) is 11.5 Å². The number of halogens is 2. The van der Waals surface area contributed by atoms with Gasteiger partial charge in [0.2, 0.25) is 5.91 Å². The Balaban J connectivity index is 1.13. The second-order valence-corrected chi connectivity index (χ2v) is 12.0. The molecule has 2 aromatic heterocycles. The van der Waals surface area contributed by atoms with Crippen molar-refractivity contribution in [2.75, 3.05) is 23.3 Å². The van der Waals surface area contributed by atoms with Crippen LogP contribution in [0.1, 0.15) is 52.9 Å². The van der Waals surface area contributed by atoms with Crippen molar-refractivity contribution < 1.29 is 27.8 Å². The lowest BCUT2D eigenvalue weighted by Crippen LogP contribution is -2.32. The van der Waals surface area contributed by atoms with Crippen molar-refractivity contribution in [1.82, 2.24) is 19.7 Å². The van der Waals surface area contributed by atoms with E-state index in [1.165, 1.54) is 12.1 Å². The Morgan fingerprint density at radius 3 is 2.51 bits per heavy atom. The van der Waals surface area contributed by atoms with Crippen LogP contribution in [0.5, 0.6) is 5.75 Å². The van der Waals surface area contributed by atoms with Crippen LogP contribution in [-0.2, 0) is 9.53 Å². The maximum absolute atomic E-state index is 12.8. The molecule has 1 fully saturated rings. The number of unbranched alkanes of at least 4 members (excludes halogenated alkanes) is 2. The molecule has 45 heavy (non-hydrogen) atoms. The average molecular weight is 621 g/mol. The van der Waals surface area contributed by atoms with Crippen molar-refractivity contribution >= 4 is 34.8 Å². The van der Waals surface area contributed by atoms with Crippen LogP contribution in [0.2, 0.25) is 0 Å². The fourth-order valence-electron chi connectivity index (χ4n) is 5.35. The zero-order chi connectivity index (χ0) is 32.0. The molecule has 4 aromatic rings. The number of nitrogens with one attached hydrogen (secondary N) is 2. The Bertz CT molecular complexity index is 1600. The van der Waals surface area contributed by atoms with E-state index in [0.717, 1.165) is 48.3 Å². The summed E-state index contributed by atoms with van der Waals surface area (Å²) in [5, 5.41) is 6.09. The number of anilines is 3. The molecule has 0 bridgehead atoms. The van der Waals surface area contributed by atoms with Gasteiger partial charge in [-0.2, -0.15) is 8.78 Å². The van der Waals surface area contributed by atoms with E-state index in [1.54, 1.807) is 30.7 Å². The minimum absolute atomic E-state index is 0.0859. The average Bonchev–Trinajstić information content (AvgIpc) is 3.58. The molecule has 0 radical (unpaired) electrons. The lowest BCUT2D eigenvalue weighted by Gasteiger charge is -2.19. The molecule has 2 amide bonds. The zero-order valence-corrected chi connectivity index (χ0v) is 25.6. The van der Waals surface area contributed by atoms with Gasteiger partial charge in [-0.25, -0.2) is 14.8 Å². The van der Waals surface area contributed by atoms with Gasteiger partial charge < -0.3 is 25.0 Å². The molecule has 0 aliphatic carbocycles. The standard InChI is InChI=1S/C33H38F2N6O4/c1-33(2,3)45-32(43)37-16-6-4-5-7-22-19-28(42)41(21-22)25-12-10-24(11-13-25)39-29-30-38-20-27(40(30)18-17-36-29)23-8-14-26(15-9-23)44-31(34)35/h8-15,17-18,20,22,31H,4-7,16,19,21H2,1-3H3,(H,36,39)(H,37,43). The number of aromatic nitrogens is 3. The van der Waals surface area contributed by atoms with E-state index in [1.807, 2.05) is 54.3 Å². The van der Waals surface area contributed by atoms with Crippen LogP contribution in [0.4, 0.5) is 30.8 Å². The van der Waals surface area contributed by atoms with Crippen molar-refractivity contribution in [3.8, 4) is 17.0 Å². The fraction of sp³-hybridized carbons (Fsp3) is 0.394. The molecule has 12 heteroatoms. The molecule has 1 saturated heterocycles. The molecule has 0 saturated carbocycles. The van der Waals surface area contributed by atoms with Crippen molar-refractivity contribution in [3.05, 3.63) is 67.1 Å². The van der Waals surface area contributed by atoms with E-state index in [2.05, 4.69) is 25.3 Å². The summed E-state index contributed by atoms with van der Waals surface area (Å²) < 4.78 is 36.6. The first kappa shape index (κ1) is 31.7. The van der Waals surface area contributed by atoms with E-state index < -0.39 is 18.3 Å². The highest BCUT2D eigenvalue weighted by Gasteiger charge is 2.30. The van der Waals surface area contributed by atoms with Crippen molar-refractivity contribution in [1.29, 1.82) is 0 Å². The number of fused-ring (bicyclic) bond motifs is 1. The van der Waals surface area contributed by atoms with E-state index in [-0.39, 0.29) is 11.7 Å². The van der Waals surface area contributed by atoms with Gasteiger partial charge in [0.1, 0.15) is 11.4 Å². The highest BCUT2D eigenvalue weighted by Crippen LogP contribution is 2.31. The predicted octanol–water partition coefficient (Wildman–Crippen LogP) is 7.18. The van der Waals surface area contributed by atoms with Gasteiger partial charge in [-0.3, -0.25) is 9.20 Å². The smallest absolute Gasteiger partial charge is 0.407 e. The molecule has 3 heterocycles. The van der Waals surface area contributed by atoms with E-state index in [0.29, 0.717) is 36.9 Å². The van der Waals surface area contributed by atoms with Crippen LogP contribution < -0.4 is 20.3 Å². The number of alkyl halides is 2. The van der Waals surface area contributed by atoms with Crippen LogP contribution in [0.25, 0.3) is 16.9 Å². The maximum atomic E-state index is 12.8. The first-order valence-electron chi connectivity index (χ1n) is 15.1. The normalized spacial score (nSPS) is 15.1. The summed E-state index contributed by atoms with van der Waals surface area (Å²) in [6.07, 6.45) is 9.08. The third-order valence-electron chi connectivity index (χ3n) is 7.41. The van der Waals surface area contributed by atoms with E-state index >= 15 is 0 Å². The lowest BCUT2D eigenvalue weighted by atomic mass is 10.0. The number of nitrogens with zero attached hydrogens (tertiary/aromatic N) is 4. The monoisotopic (exact) mass is 620 g/mol. The molecule has 1 aliphatic heterocycles. The van der Waals surface area contributed by atoms with Gasteiger partial charge in [0.05, 0.1) is 11.9 Å². The first-order valence-corrected chi connectivity index (χ1v) is 15.1. The molecule has 10 nitrogen and oxygen atoms in total. The third kappa shape index (κ3) is 8.46. The minimum atomic E-state index is -2.88.